The maximum absolute atomic E-state index is 15.4. The number of hydrogen-bond acceptors (Lipinski definition) is 4. The lowest BCUT2D eigenvalue weighted by Crippen LogP contribution is -2.53. The Morgan fingerprint density at radius 1 is 1.31 bits per heavy atom. The van der Waals surface area contributed by atoms with Gasteiger partial charge in [-0.25, -0.2) is 14.2 Å². The Labute approximate surface area is 170 Å². The number of halogens is 1. The molecular formula is C21H28FN5O2. The molecule has 1 aliphatic heterocycles. The van der Waals surface area contributed by atoms with Crippen molar-refractivity contribution in [2.24, 2.45) is 5.73 Å². The van der Waals surface area contributed by atoms with Crippen LogP contribution in [0.5, 0.6) is 0 Å². The third-order valence-electron chi connectivity index (χ3n) is 5.42. The molecule has 0 spiro atoms. The van der Waals surface area contributed by atoms with Crippen molar-refractivity contribution >= 4 is 11.9 Å². The van der Waals surface area contributed by atoms with Gasteiger partial charge in [0, 0.05) is 38.6 Å². The maximum atomic E-state index is 15.4. The monoisotopic (exact) mass is 401 g/mol. The summed E-state index contributed by atoms with van der Waals surface area (Å²) < 4.78 is 15.4. The minimum absolute atomic E-state index is 0.160. The van der Waals surface area contributed by atoms with Crippen LogP contribution in [-0.2, 0) is 10.5 Å². The number of likely N-dealkylation sites (tertiary alicyclic amines) is 1. The number of piperidine rings is 1. The summed E-state index contributed by atoms with van der Waals surface area (Å²) >= 11 is 0. The molecule has 0 bridgehead atoms. The molecule has 156 valence electrons. The lowest BCUT2D eigenvalue weighted by molar-refractivity contribution is -0.129. The predicted molar refractivity (Wildman–Crippen MR) is 108 cm³/mol. The number of hydrogen-bond donors (Lipinski definition) is 2. The van der Waals surface area contributed by atoms with Gasteiger partial charge in [-0.15, -0.1) is 0 Å². The highest BCUT2D eigenvalue weighted by atomic mass is 19.1. The highest BCUT2D eigenvalue weighted by Gasteiger charge is 2.38. The quantitative estimate of drug-likeness (QED) is 0.585. The second kappa shape index (κ2) is 8.62. The summed E-state index contributed by atoms with van der Waals surface area (Å²) in [6, 6.07) is 7.85. The van der Waals surface area contributed by atoms with Crippen LogP contribution in [-0.4, -0.2) is 47.5 Å². The van der Waals surface area contributed by atoms with E-state index in [1.807, 2.05) is 19.9 Å². The molecular weight excluding hydrogens is 373 g/mol. The fraction of sp³-hybridized carbons (Fsp3) is 0.476. The molecule has 7 nitrogen and oxygen atoms in total. The molecule has 0 aromatic heterocycles. The van der Waals surface area contributed by atoms with Gasteiger partial charge in [-0.3, -0.25) is 10.2 Å². The number of benzene rings is 1. The van der Waals surface area contributed by atoms with Gasteiger partial charge < -0.3 is 10.6 Å². The van der Waals surface area contributed by atoms with Crippen molar-refractivity contribution in [1.82, 2.24) is 15.3 Å². The van der Waals surface area contributed by atoms with E-state index in [1.54, 1.807) is 49.2 Å². The molecule has 0 aliphatic carbocycles. The third kappa shape index (κ3) is 5.33. The zero-order chi connectivity index (χ0) is 21.8. The van der Waals surface area contributed by atoms with Crippen molar-refractivity contribution in [3.8, 4) is 6.07 Å². The van der Waals surface area contributed by atoms with Gasteiger partial charge in [0.15, 0.2) is 0 Å². The molecule has 29 heavy (non-hydrogen) atoms. The number of nitrogens with two attached hydrogens (primary N) is 1. The van der Waals surface area contributed by atoms with Gasteiger partial charge in [-0.05, 0) is 38.5 Å². The molecule has 1 aromatic carbocycles. The number of urea groups is 1. The molecule has 1 fully saturated rings. The molecule has 1 heterocycles. The lowest BCUT2D eigenvalue weighted by atomic mass is 9.85. The third-order valence-corrected chi connectivity index (χ3v) is 5.42. The van der Waals surface area contributed by atoms with Crippen molar-refractivity contribution in [2.45, 2.75) is 44.8 Å². The zero-order valence-electron chi connectivity index (χ0n) is 17.3. The Kier molecular flexibility index (Phi) is 6.65. The first kappa shape index (κ1) is 22.4. The minimum Gasteiger partial charge on any atom is -0.351 e. The van der Waals surface area contributed by atoms with Crippen LogP contribution in [0.25, 0.3) is 0 Å². The van der Waals surface area contributed by atoms with Crippen LogP contribution < -0.4 is 11.2 Å². The van der Waals surface area contributed by atoms with E-state index < -0.39 is 17.2 Å². The van der Waals surface area contributed by atoms with Crippen LogP contribution in [0.15, 0.2) is 35.9 Å². The SMILES string of the molecule is C/C(=C\C(C)(C)N(C)NC(N)=O)C(=O)N1CCC(F)(c2ccc(C#N)cc2)CC1. The Morgan fingerprint density at radius 2 is 1.86 bits per heavy atom. The van der Waals surface area contributed by atoms with Crippen molar-refractivity contribution in [3.05, 3.63) is 47.0 Å². The molecule has 1 aliphatic rings. The van der Waals surface area contributed by atoms with Crippen molar-refractivity contribution in [1.29, 1.82) is 5.26 Å². The Morgan fingerprint density at radius 3 is 2.34 bits per heavy atom. The van der Waals surface area contributed by atoms with Gasteiger partial charge in [-0.1, -0.05) is 18.2 Å². The van der Waals surface area contributed by atoms with Gasteiger partial charge in [0.25, 0.3) is 0 Å². The maximum Gasteiger partial charge on any atom is 0.326 e. The van der Waals surface area contributed by atoms with E-state index >= 15 is 4.39 Å². The highest BCUT2D eigenvalue weighted by Crippen LogP contribution is 2.37. The molecule has 0 radical (unpaired) electrons. The number of carbonyl (C=O) groups excluding carboxylic acids is 2. The van der Waals surface area contributed by atoms with Gasteiger partial charge in [0.2, 0.25) is 5.91 Å². The topological polar surface area (TPSA) is 102 Å². The number of carbonyl (C=O) groups is 2. The van der Waals surface area contributed by atoms with E-state index in [9.17, 15) is 9.59 Å². The standard InChI is InChI=1S/C21H28FN5O2/c1-15(13-20(2,3)26(4)25-19(24)29)18(28)27-11-9-21(22,10-12-27)17-7-5-16(14-23)6-8-17/h5-8,13H,9-12H2,1-4H3,(H3,24,25,29)/b15-13+. The fourth-order valence-electron chi connectivity index (χ4n) is 3.44. The number of alkyl halides is 1. The summed E-state index contributed by atoms with van der Waals surface area (Å²) in [6.07, 6.45) is 2.15. The number of nitrogens with one attached hydrogen (secondary N) is 1. The van der Waals surface area contributed by atoms with E-state index in [0.717, 1.165) is 0 Å². The first-order valence-corrected chi connectivity index (χ1v) is 9.47. The second-order valence-electron chi connectivity index (χ2n) is 7.96. The van der Waals surface area contributed by atoms with Gasteiger partial charge in [-0.2, -0.15) is 5.26 Å². The van der Waals surface area contributed by atoms with Crippen LogP contribution in [0.1, 0.15) is 44.7 Å². The Balaban J connectivity index is 2.05. The van der Waals surface area contributed by atoms with Gasteiger partial charge in [0.05, 0.1) is 17.2 Å². The molecule has 3 N–H and O–H groups in total. The first-order valence-electron chi connectivity index (χ1n) is 9.47. The van der Waals surface area contributed by atoms with Crippen LogP contribution in [0.2, 0.25) is 0 Å². The normalized spacial score (nSPS) is 17.0. The van der Waals surface area contributed by atoms with Gasteiger partial charge >= 0.3 is 6.03 Å². The van der Waals surface area contributed by atoms with Crippen LogP contribution in [0.4, 0.5) is 9.18 Å². The van der Waals surface area contributed by atoms with Crippen molar-refractivity contribution < 1.29 is 14.0 Å². The lowest BCUT2D eigenvalue weighted by Gasteiger charge is -2.37. The summed E-state index contributed by atoms with van der Waals surface area (Å²) in [7, 11) is 1.66. The molecule has 2 rings (SSSR count). The first-order chi connectivity index (χ1) is 13.5. The van der Waals surface area contributed by atoms with Crippen molar-refractivity contribution in [2.75, 3.05) is 20.1 Å². The van der Waals surface area contributed by atoms with E-state index in [2.05, 4.69) is 5.43 Å². The smallest absolute Gasteiger partial charge is 0.326 e. The second-order valence-corrected chi connectivity index (χ2v) is 7.96. The van der Waals surface area contributed by atoms with E-state index in [0.29, 0.717) is 29.8 Å². The number of nitriles is 1. The average molecular weight is 401 g/mol. The summed E-state index contributed by atoms with van der Waals surface area (Å²) in [6.45, 7) is 5.99. The predicted octanol–water partition coefficient (Wildman–Crippen LogP) is 2.59. The number of hydrazine groups is 1. The van der Waals surface area contributed by atoms with Crippen LogP contribution in [0, 0.1) is 11.3 Å². The molecule has 0 unspecified atom stereocenters. The number of amides is 3. The van der Waals surface area contributed by atoms with E-state index in [1.165, 1.54) is 5.01 Å². The number of primary amides is 1. The molecule has 0 atom stereocenters. The summed E-state index contributed by atoms with van der Waals surface area (Å²) in [4.78, 5) is 25.5. The average Bonchev–Trinajstić information content (AvgIpc) is 2.67. The highest BCUT2D eigenvalue weighted by molar-refractivity contribution is 5.93. The molecule has 1 saturated heterocycles. The number of likely N-dealkylation sites (N-methyl/N-ethyl adjacent to an activating group) is 1. The zero-order valence-corrected chi connectivity index (χ0v) is 17.3. The minimum atomic E-state index is -1.51. The van der Waals surface area contributed by atoms with Crippen LogP contribution in [0.3, 0.4) is 0 Å². The van der Waals surface area contributed by atoms with E-state index in [-0.39, 0.29) is 18.7 Å². The largest absolute Gasteiger partial charge is 0.351 e. The molecule has 0 saturated carbocycles. The summed E-state index contributed by atoms with van der Waals surface area (Å²) in [5, 5.41) is 10.4. The Hall–Kier alpha value is -2.92. The molecule has 8 heteroatoms. The summed E-state index contributed by atoms with van der Waals surface area (Å²) in [5.41, 5.74) is 7.02. The summed E-state index contributed by atoms with van der Waals surface area (Å²) in [5.74, 6) is -0.160. The van der Waals surface area contributed by atoms with Gasteiger partial charge in [0.1, 0.15) is 5.67 Å². The number of nitrogens with zero attached hydrogens (tertiary/aromatic N) is 3. The molecule has 3 amide bonds. The van der Waals surface area contributed by atoms with Crippen LogP contribution >= 0.6 is 0 Å². The Bertz CT molecular complexity index is 834. The molecule has 1 aromatic rings. The van der Waals surface area contributed by atoms with E-state index in [4.69, 9.17) is 11.0 Å². The number of rotatable bonds is 5. The van der Waals surface area contributed by atoms with Crippen molar-refractivity contribution in [3.63, 3.8) is 0 Å². The fourth-order valence-corrected chi connectivity index (χ4v) is 3.44.